The fourth-order valence-corrected chi connectivity index (χ4v) is 4.27. The van der Waals surface area contributed by atoms with E-state index in [0.717, 1.165) is 23.1 Å². The lowest BCUT2D eigenvalue weighted by Crippen LogP contribution is -2.29. The number of nitrogens with zero attached hydrogens (tertiary/aromatic N) is 1. The lowest BCUT2D eigenvalue weighted by Gasteiger charge is -2.26. The minimum Gasteiger partial charge on any atom is -0.507 e. The van der Waals surface area contributed by atoms with Gasteiger partial charge in [-0.1, -0.05) is 74.9 Å². The largest absolute Gasteiger partial charge is 0.507 e. The highest BCUT2D eigenvalue weighted by molar-refractivity contribution is 6.51. The molecule has 0 aromatic heterocycles. The summed E-state index contributed by atoms with van der Waals surface area (Å²) in [5, 5.41) is 11.3. The molecular weight excluding hydrogens is 438 g/mol. The van der Waals surface area contributed by atoms with E-state index in [4.69, 9.17) is 4.74 Å². The molecule has 1 N–H and O–H groups in total. The smallest absolute Gasteiger partial charge is 0.300 e. The second-order valence-electron chi connectivity index (χ2n) is 9.33. The third-order valence-corrected chi connectivity index (χ3v) is 6.14. The third kappa shape index (κ3) is 4.99. The maximum atomic E-state index is 13.3. The van der Waals surface area contributed by atoms with Gasteiger partial charge < -0.3 is 9.84 Å². The van der Waals surface area contributed by atoms with E-state index in [1.807, 2.05) is 43.3 Å². The van der Waals surface area contributed by atoms with Gasteiger partial charge in [-0.3, -0.25) is 14.5 Å². The summed E-state index contributed by atoms with van der Waals surface area (Å²) in [5.74, 6) is -0.452. The number of amides is 1. The van der Waals surface area contributed by atoms with Crippen LogP contribution >= 0.6 is 0 Å². The molecule has 1 amide bonds. The number of rotatable bonds is 7. The van der Waals surface area contributed by atoms with Crippen molar-refractivity contribution < 1.29 is 19.4 Å². The Balaban J connectivity index is 1.81. The number of aliphatic hydroxyl groups excluding tert-OH is 1. The van der Waals surface area contributed by atoms with Crippen LogP contribution in [-0.2, 0) is 16.0 Å². The maximum absolute atomic E-state index is 13.3. The van der Waals surface area contributed by atoms with Crippen LogP contribution in [0.5, 0.6) is 5.75 Å². The highest BCUT2D eigenvalue weighted by atomic mass is 16.5. The second kappa shape index (κ2) is 10.2. The van der Waals surface area contributed by atoms with Gasteiger partial charge in [-0.05, 0) is 54.7 Å². The average Bonchev–Trinajstić information content (AvgIpc) is 3.13. The number of hydrogen-bond acceptors (Lipinski definition) is 4. The lowest BCUT2D eigenvalue weighted by molar-refractivity contribution is -0.132. The zero-order valence-corrected chi connectivity index (χ0v) is 20.6. The van der Waals surface area contributed by atoms with Gasteiger partial charge in [0.15, 0.2) is 0 Å². The van der Waals surface area contributed by atoms with Crippen LogP contribution in [0.15, 0.2) is 78.4 Å². The topological polar surface area (TPSA) is 66.8 Å². The fourth-order valence-electron chi connectivity index (χ4n) is 4.27. The number of carbonyl (C=O) groups excluding carboxylic acids is 2. The Kier molecular flexibility index (Phi) is 7.06. The summed E-state index contributed by atoms with van der Waals surface area (Å²) in [7, 11) is 0. The predicted octanol–water partition coefficient (Wildman–Crippen LogP) is 6.22. The van der Waals surface area contributed by atoms with Crippen molar-refractivity contribution in [2.24, 2.45) is 5.92 Å². The molecular formula is C30H31NO4. The highest BCUT2D eigenvalue weighted by Crippen LogP contribution is 2.42. The molecule has 5 nitrogen and oxygen atoms in total. The van der Waals surface area contributed by atoms with Crippen LogP contribution in [0.4, 0.5) is 5.69 Å². The molecule has 0 saturated carbocycles. The molecule has 1 aliphatic rings. The quantitative estimate of drug-likeness (QED) is 0.253. The summed E-state index contributed by atoms with van der Waals surface area (Å²) >= 11 is 0. The van der Waals surface area contributed by atoms with Crippen LogP contribution in [0.3, 0.4) is 0 Å². The Labute approximate surface area is 206 Å². The van der Waals surface area contributed by atoms with Crippen LogP contribution < -0.4 is 9.64 Å². The fraction of sp³-hybridized carbons (Fsp3) is 0.267. The van der Waals surface area contributed by atoms with Crippen molar-refractivity contribution in [3.05, 3.63) is 101 Å². The number of aliphatic hydroxyl groups is 1. The van der Waals surface area contributed by atoms with Gasteiger partial charge in [0.05, 0.1) is 18.2 Å². The zero-order chi connectivity index (χ0) is 25.1. The molecule has 0 aliphatic carbocycles. The number of aryl methyl sites for hydroxylation is 2. The van der Waals surface area contributed by atoms with Crippen LogP contribution in [-0.4, -0.2) is 23.4 Å². The number of ether oxygens (including phenoxy) is 1. The van der Waals surface area contributed by atoms with Gasteiger partial charge >= 0.3 is 0 Å². The molecule has 4 rings (SSSR count). The molecule has 1 heterocycles. The Morgan fingerprint density at radius 1 is 1.00 bits per heavy atom. The number of anilines is 1. The van der Waals surface area contributed by atoms with Crippen molar-refractivity contribution in [2.45, 2.75) is 40.2 Å². The number of Topliss-reactive ketones (excluding diaryl/α,β-unsaturated/α-hetero) is 1. The van der Waals surface area contributed by atoms with E-state index in [1.165, 1.54) is 4.90 Å². The Hall–Kier alpha value is -3.86. The molecule has 180 valence electrons. The molecule has 1 fully saturated rings. The Morgan fingerprint density at radius 2 is 1.69 bits per heavy atom. The van der Waals surface area contributed by atoms with E-state index in [0.29, 0.717) is 29.5 Å². The molecule has 0 radical (unpaired) electrons. The Morgan fingerprint density at radius 3 is 2.29 bits per heavy atom. The van der Waals surface area contributed by atoms with Crippen molar-refractivity contribution in [2.75, 3.05) is 11.5 Å². The van der Waals surface area contributed by atoms with Crippen molar-refractivity contribution in [1.29, 1.82) is 0 Å². The van der Waals surface area contributed by atoms with Crippen LogP contribution in [0.2, 0.25) is 0 Å². The SMILES string of the molecule is CCc1ccc(/C(O)=C2/C(=O)C(=O)N(c3ccc(OCC(C)C)cc3)C2c2cccc(C)c2)cc1. The van der Waals surface area contributed by atoms with Crippen molar-refractivity contribution in [1.82, 2.24) is 0 Å². The van der Waals surface area contributed by atoms with E-state index in [2.05, 4.69) is 20.8 Å². The first-order chi connectivity index (χ1) is 16.8. The van der Waals surface area contributed by atoms with E-state index < -0.39 is 17.7 Å². The number of ketones is 1. The van der Waals surface area contributed by atoms with Gasteiger partial charge in [0, 0.05) is 11.3 Å². The molecule has 35 heavy (non-hydrogen) atoms. The van der Waals surface area contributed by atoms with Gasteiger partial charge in [-0.2, -0.15) is 0 Å². The van der Waals surface area contributed by atoms with Gasteiger partial charge in [0.1, 0.15) is 11.5 Å². The molecule has 0 spiro atoms. The molecule has 1 atom stereocenters. The molecule has 1 saturated heterocycles. The first-order valence-corrected chi connectivity index (χ1v) is 12.0. The number of benzene rings is 3. The first kappa shape index (κ1) is 24.3. The summed E-state index contributed by atoms with van der Waals surface area (Å²) in [6.07, 6.45) is 0.867. The molecule has 3 aromatic rings. The summed E-state index contributed by atoms with van der Waals surface area (Å²) in [6.45, 7) is 8.75. The molecule has 5 heteroatoms. The molecule has 1 unspecified atom stereocenters. The number of hydrogen-bond donors (Lipinski definition) is 1. The van der Waals surface area contributed by atoms with Gasteiger partial charge in [0.2, 0.25) is 0 Å². The second-order valence-corrected chi connectivity index (χ2v) is 9.33. The molecule has 0 bridgehead atoms. The van der Waals surface area contributed by atoms with Crippen LogP contribution in [0, 0.1) is 12.8 Å². The van der Waals surface area contributed by atoms with E-state index in [-0.39, 0.29) is 11.3 Å². The van der Waals surface area contributed by atoms with Crippen molar-refractivity contribution in [3.8, 4) is 5.75 Å². The zero-order valence-electron chi connectivity index (χ0n) is 20.6. The molecule has 3 aromatic carbocycles. The molecule has 1 aliphatic heterocycles. The number of carbonyl (C=O) groups is 2. The monoisotopic (exact) mass is 469 g/mol. The van der Waals surface area contributed by atoms with Gasteiger partial charge in [0.25, 0.3) is 11.7 Å². The average molecular weight is 470 g/mol. The summed E-state index contributed by atoms with van der Waals surface area (Å²) in [5.41, 5.74) is 4.04. The van der Waals surface area contributed by atoms with Gasteiger partial charge in [-0.25, -0.2) is 0 Å². The third-order valence-electron chi connectivity index (χ3n) is 6.14. The predicted molar refractivity (Wildman–Crippen MR) is 139 cm³/mol. The highest BCUT2D eigenvalue weighted by Gasteiger charge is 2.47. The Bertz CT molecular complexity index is 1260. The van der Waals surface area contributed by atoms with Gasteiger partial charge in [-0.15, -0.1) is 0 Å². The minimum absolute atomic E-state index is 0.0879. The maximum Gasteiger partial charge on any atom is 0.300 e. The lowest BCUT2D eigenvalue weighted by atomic mass is 9.94. The van der Waals surface area contributed by atoms with Crippen LogP contribution in [0.1, 0.15) is 49.1 Å². The van der Waals surface area contributed by atoms with E-state index in [1.54, 1.807) is 36.4 Å². The summed E-state index contributed by atoms with van der Waals surface area (Å²) < 4.78 is 5.78. The first-order valence-electron chi connectivity index (χ1n) is 12.0. The van der Waals surface area contributed by atoms with E-state index in [9.17, 15) is 14.7 Å². The summed E-state index contributed by atoms with van der Waals surface area (Å²) in [6, 6.07) is 21.5. The van der Waals surface area contributed by atoms with E-state index >= 15 is 0 Å². The minimum atomic E-state index is -0.747. The van der Waals surface area contributed by atoms with Crippen molar-refractivity contribution >= 4 is 23.1 Å². The van der Waals surface area contributed by atoms with Crippen LogP contribution in [0.25, 0.3) is 5.76 Å². The normalized spacial score (nSPS) is 17.3. The standard InChI is InChI=1S/C30H31NO4/c1-5-21-9-11-22(12-10-21)28(32)26-27(23-8-6-7-20(4)17-23)31(30(34)29(26)33)24-13-15-25(16-14-24)35-18-19(2)3/h6-17,19,27,32H,5,18H2,1-4H3/b28-26-. The summed E-state index contributed by atoms with van der Waals surface area (Å²) in [4.78, 5) is 28.1. The van der Waals surface area contributed by atoms with Crippen molar-refractivity contribution in [3.63, 3.8) is 0 Å².